The Labute approximate surface area is 204 Å². The average Bonchev–Trinajstić information content (AvgIpc) is 3.31. The van der Waals surface area contributed by atoms with E-state index in [0.717, 1.165) is 20.5 Å². The minimum Gasteiger partial charge on any atom is -0.427 e. The van der Waals surface area contributed by atoms with Crippen LogP contribution in [0.25, 0.3) is 0 Å². The fourth-order valence-corrected chi connectivity index (χ4v) is 5.46. The van der Waals surface area contributed by atoms with Crippen molar-refractivity contribution in [1.29, 1.82) is 0 Å². The number of fused-ring (bicyclic) bond motifs is 2. The fourth-order valence-electron chi connectivity index (χ4n) is 5.05. The second-order valence-electron chi connectivity index (χ2n) is 8.88. The van der Waals surface area contributed by atoms with Gasteiger partial charge in [0, 0.05) is 42.3 Å². The Morgan fingerprint density at radius 1 is 1.15 bits per heavy atom. The third-order valence-corrected chi connectivity index (χ3v) is 7.33. The van der Waals surface area contributed by atoms with Crippen LogP contribution >= 0.6 is 15.9 Å². The van der Waals surface area contributed by atoms with Gasteiger partial charge in [0.25, 0.3) is 5.91 Å². The summed E-state index contributed by atoms with van der Waals surface area (Å²) in [5.41, 5.74) is 1.03. The summed E-state index contributed by atoms with van der Waals surface area (Å²) in [4.78, 5) is 42.3. The predicted octanol–water partition coefficient (Wildman–Crippen LogP) is 3.92. The average molecular weight is 531 g/mol. The number of nitrogens with zero attached hydrogens (tertiary/aromatic N) is 2. The SMILES string of the molecule is O=C1OC2(CCc3cc(Br)ccc32)C(=O)N1CC(=O)N(Cc1ccc(F)cc1)C1CCOCC1. The zero-order chi connectivity index (χ0) is 23.9. The minimum absolute atomic E-state index is 0.0986. The minimum atomic E-state index is -1.37. The van der Waals surface area contributed by atoms with Crippen molar-refractivity contribution in [3.8, 4) is 0 Å². The molecule has 178 valence electrons. The molecule has 2 fully saturated rings. The number of hydrogen-bond acceptors (Lipinski definition) is 5. The molecule has 2 aromatic rings. The van der Waals surface area contributed by atoms with Crippen molar-refractivity contribution in [3.05, 3.63) is 69.4 Å². The van der Waals surface area contributed by atoms with E-state index >= 15 is 0 Å². The second-order valence-corrected chi connectivity index (χ2v) is 9.80. The van der Waals surface area contributed by atoms with Gasteiger partial charge in [-0.15, -0.1) is 0 Å². The summed E-state index contributed by atoms with van der Waals surface area (Å²) in [6, 6.07) is 11.4. The number of imide groups is 1. The Hall–Kier alpha value is -2.78. The molecule has 0 saturated carbocycles. The van der Waals surface area contributed by atoms with Gasteiger partial charge in [-0.3, -0.25) is 9.59 Å². The molecule has 2 heterocycles. The van der Waals surface area contributed by atoms with E-state index < -0.39 is 24.1 Å². The van der Waals surface area contributed by atoms with E-state index in [-0.39, 0.29) is 24.3 Å². The highest BCUT2D eigenvalue weighted by Gasteiger charge is 2.58. The van der Waals surface area contributed by atoms with Gasteiger partial charge in [-0.25, -0.2) is 14.1 Å². The lowest BCUT2D eigenvalue weighted by atomic mass is 9.95. The van der Waals surface area contributed by atoms with Gasteiger partial charge in [0.05, 0.1) is 0 Å². The molecule has 2 aromatic carbocycles. The van der Waals surface area contributed by atoms with Crippen LogP contribution in [0.2, 0.25) is 0 Å². The van der Waals surface area contributed by atoms with Crippen LogP contribution in [-0.4, -0.2) is 53.5 Å². The summed E-state index contributed by atoms with van der Waals surface area (Å²) in [6.07, 6.45) is 1.46. The molecule has 1 unspecified atom stereocenters. The van der Waals surface area contributed by atoms with Gasteiger partial charge in [0.2, 0.25) is 11.5 Å². The molecular weight excluding hydrogens is 507 g/mol. The molecule has 3 amide bonds. The highest BCUT2D eigenvalue weighted by atomic mass is 79.9. The van der Waals surface area contributed by atoms with Crippen molar-refractivity contribution in [2.75, 3.05) is 19.8 Å². The first-order valence-electron chi connectivity index (χ1n) is 11.3. The molecule has 0 bridgehead atoms. The van der Waals surface area contributed by atoms with Crippen molar-refractivity contribution in [3.63, 3.8) is 0 Å². The van der Waals surface area contributed by atoms with Crippen molar-refractivity contribution in [2.24, 2.45) is 0 Å². The molecule has 2 aliphatic heterocycles. The second kappa shape index (κ2) is 9.11. The maximum Gasteiger partial charge on any atom is 0.418 e. The van der Waals surface area contributed by atoms with Crippen LogP contribution in [0.15, 0.2) is 46.9 Å². The summed E-state index contributed by atoms with van der Waals surface area (Å²) >= 11 is 3.44. The summed E-state index contributed by atoms with van der Waals surface area (Å²) < 4.78 is 25.3. The van der Waals surface area contributed by atoms with Crippen LogP contribution in [0, 0.1) is 5.82 Å². The smallest absolute Gasteiger partial charge is 0.418 e. The summed E-state index contributed by atoms with van der Waals surface area (Å²) in [6.45, 7) is 0.905. The van der Waals surface area contributed by atoms with Gasteiger partial charge in [-0.2, -0.15) is 0 Å². The maximum absolute atomic E-state index is 13.5. The lowest BCUT2D eigenvalue weighted by molar-refractivity contribution is -0.144. The third kappa shape index (κ3) is 4.11. The number of amides is 3. The van der Waals surface area contributed by atoms with Crippen molar-refractivity contribution >= 4 is 33.8 Å². The molecule has 1 atom stereocenters. The zero-order valence-corrected chi connectivity index (χ0v) is 20.1. The Bertz CT molecular complexity index is 1130. The van der Waals surface area contributed by atoms with Gasteiger partial charge in [-0.05, 0) is 54.7 Å². The highest BCUT2D eigenvalue weighted by molar-refractivity contribution is 9.10. The van der Waals surface area contributed by atoms with Gasteiger partial charge in [0.15, 0.2) is 0 Å². The number of halogens is 2. The molecule has 1 spiro atoms. The number of ether oxygens (including phenoxy) is 2. The van der Waals surface area contributed by atoms with E-state index in [1.165, 1.54) is 12.1 Å². The predicted molar refractivity (Wildman–Crippen MR) is 123 cm³/mol. The van der Waals surface area contributed by atoms with E-state index in [9.17, 15) is 18.8 Å². The van der Waals surface area contributed by atoms with E-state index in [1.54, 1.807) is 23.1 Å². The first-order valence-corrected chi connectivity index (χ1v) is 12.1. The van der Waals surface area contributed by atoms with Crippen molar-refractivity contribution < 1.29 is 28.2 Å². The molecule has 34 heavy (non-hydrogen) atoms. The van der Waals surface area contributed by atoms with Gasteiger partial charge < -0.3 is 14.4 Å². The monoisotopic (exact) mass is 530 g/mol. The number of hydrogen-bond donors (Lipinski definition) is 0. The summed E-state index contributed by atoms with van der Waals surface area (Å²) in [5.74, 6) is -1.21. The normalized spacial score (nSPS) is 22.2. The molecule has 2 saturated heterocycles. The lowest BCUT2D eigenvalue weighted by Gasteiger charge is -2.35. The Morgan fingerprint density at radius 2 is 1.88 bits per heavy atom. The number of carbonyl (C=O) groups excluding carboxylic acids is 3. The van der Waals surface area contributed by atoms with E-state index in [1.807, 2.05) is 12.1 Å². The molecule has 3 aliphatic rings. The Kier molecular flexibility index (Phi) is 6.16. The lowest BCUT2D eigenvalue weighted by Crippen LogP contribution is -2.49. The Balaban J connectivity index is 1.37. The Morgan fingerprint density at radius 3 is 2.62 bits per heavy atom. The fraction of sp³-hybridized carbons (Fsp3) is 0.400. The van der Waals surface area contributed by atoms with Gasteiger partial charge in [-0.1, -0.05) is 34.1 Å². The van der Waals surface area contributed by atoms with Crippen LogP contribution < -0.4 is 0 Å². The largest absolute Gasteiger partial charge is 0.427 e. The van der Waals surface area contributed by atoms with E-state index in [4.69, 9.17) is 9.47 Å². The molecule has 0 aromatic heterocycles. The number of rotatable bonds is 5. The highest BCUT2D eigenvalue weighted by Crippen LogP contribution is 2.46. The van der Waals surface area contributed by atoms with Crippen LogP contribution in [0.3, 0.4) is 0 Å². The number of aryl methyl sites for hydroxylation is 1. The third-order valence-electron chi connectivity index (χ3n) is 6.83. The molecule has 9 heteroatoms. The zero-order valence-electron chi connectivity index (χ0n) is 18.5. The molecule has 0 N–H and O–H groups in total. The quantitative estimate of drug-likeness (QED) is 0.585. The standard InChI is InChI=1S/C25H24BrFN2O5/c26-18-3-6-21-17(13-18)7-10-25(21)23(31)29(24(32)34-25)15-22(30)28(20-8-11-33-12-9-20)14-16-1-4-19(27)5-2-16/h1-6,13,20H,7-12,14-15H2. The first kappa shape index (κ1) is 23.0. The van der Waals surface area contributed by atoms with Crippen LogP contribution in [0.1, 0.15) is 36.0 Å². The van der Waals surface area contributed by atoms with Crippen molar-refractivity contribution in [2.45, 2.75) is 43.9 Å². The van der Waals surface area contributed by atoms with Gasteiger partial charge in [0.1, 0.15) is 12.4 Å². The molecule has 1 aliphatic carbocycles. The van der Waals surface area contributed by atoms with Crippen LogP contribution in [0.5, 0.6) is 0 Å². The summed E-state index contributed by atoms with van der Waals surface area (Å²) in [7, 11) is 0. The molecule has 7 nitrogen and oxygen atoms in total. The summed E-state index contributed by atoms with van der Waals surface area (Å²) in [5, 5.41) is 0. The molecule has 0 radical (unpaired) electrons. The number of carbonyl (C=O) groups is 3. The van der Waals surface area contributed by atoms with Crippen LogP contribution in [-0.2, 0) is 37.6 Å². The van der Waals surface area contributed by atoms with E-state index in [2.05, 4.69) is 15.9 Å². The molecule has 5 rings (SSSR count). The number of benzene rings is 2. The molecular formula is C25H24BrFN2O5. The maximum atomic E-state index is 13.5. The first-order chi connectivity index (χ1) is 16.4. The van der Waals surface area contributed by atoms with Crippen LogP contribution in [0.4, 0.5) is 9.18 Å². The van der Waals surface area contributed by atoms with Crippen molar-refractivity contribution in [1.82, 2.24) is 9.80 Å². The topological polar surface area (TPSA) is 76.2 Å². The van der Waals surface area contributed by atoms with Gasteiger partial charge >= 0.3 is 6.09 Å². The van der Waals surface area contributed by atoms with E-state index in [0.29, 0.717) is 44.5 Å².